The van der Waals surface area contributed by atoms with E-state index < -0.39 is 10.0 Å². The number of rotatable bonds is 4. The van der Waals surface area contributed by atoms with Crippen molar-refractivity contribution < 1.29 is 13.2 Å². The number of sulfonamides is 1. The number of hydrogen-bond acceptors (Lipinski definition) is 4. The Labute approximate surface area is 114 Å². The Balaban J connectivity index is 2.24. The lowest BCUT2D eigenvalue weighted by Gasteiger charge is -2.15. The van der Waals surface area contributed by atoms with Gasteiger partial charge in [0.05, 0.1) is 7.11 Å². The molecule has 6 heteroatoms. The summed E-state index contributed by atoms with van der Waals surface area (Å²) in [7, 11) is -2.12. The molecule has 0 heterocycles. The van der Waals surface area contributed by atoms with Crippen molar-refractivity contribution in [3.8, 4) is 5.75 Å². The molecule has 5 nitrogen and oxygen atoms in total. The van der Waals surface area contributed by atoms with Crippen LogP contribution in [0.5, 0.6) is 5.75 Å². The fourth-order valence-corrected chi connectivity index (χ4v) is 3.94. The maximum atomic E-state index is 12.4. The van der Waals surface area contributed by atoms with E-state index in [1.165, 1.54) is 19.2 Å². The average molecular weight is 284 g/mol. The standard InChI is InChI=1S/C13H20N2O3S/c1-9-3-5-11(7-9)15-19(16,17)13-6-4-10(14)8-12(13)18-2/h4,6,8-9,11,15H,3,5,7,14H2,1-2H3. The van der Waals surface area contributed by atoms with Gasteiger partial charge in [-0.25, -0.2) is 13.1 Å². The molecule has 2 rings (SSSR count). The molecule has 1 aliphatic carbocycles. The molecular formula is C13H20N2O3S. The Morgan fingerprint density at radius 2 is 2.11 bits per heavy atom. The van der Waals surface area contributed by atoms with Crippen molar-refractivity contribution in [3.63, 3.8) is 0 Å². The minimum atomic E-state index is -3.56. The Kier molecular flexibility index (Phi) is 4.01. The largest absolute Gasteiger partial charge is 0.495 e. The summed E-state index contributed by atoms with van der Waals surface area (Å²) in [4.78, 5) is 0.142. The van der Waals surface area contributed by atoms with Gasteiger partial charge in [0.25, 0.3) is 0 Å². The fraction of sp³-hybridized carbons (Fsp3) is 0.538. The Morgan fingerprint density at radius 3 is 2.68 bits per heavy atom. The summed E-state index contributed by atoms with van der Waals surface area (Å²) in [5.41, 5.74) is 6.11. The van der Waals surface area contributed by atoms with E-state index in [4.69, 9.17) is 10.5 Å². The van der Waals surface area contributed by atoms with E-state index in [0.29, 0.717) is 11.6 Å². The highest BCUT2D eigenvalue weighted by molar-refractivity contribution is 7.89. The molecule has 2 unspecified atom stereocenters. The first-order valence-corrected chi connectivity index (χ1v) is 7.86. The third-order valence-corrected chi connectivity index (χ3v) is 5.05. The molecule has 0 aromatic heterocycles. The molecule has 106 valence electrons. The zero-order chi connectivity index (χ0) is 14.0. The van der Waals surface area contributed by atoms with Crippen molar-refractivity contribution in [3.05, 3.63) is 18.2 Å². The molecule has 1 saturated carbocycles. The second kappa shape index (κ2) is 5.38. The van der Waals surface area contributed by atoms with Gasteiger partial charge in [-0.2, -0.15) is 0 Å². The quantitative estimate of drug-likeness (QED) is 0.825. The van der Waals surface area contributed by atoms with Gasteiger partial charge in [0.15, 0.2) is 0 Å². The zero-order valence-electron chi connectivity index (χ0n) is 11.2. The lowest BCUT2D eigenvalue weighted by molar-refractivity contribution is 0.402. The van der Waals surface area contributed by atoms with Crippen molar-refractivity contribution in [2.45, 2.75) is 37.1 Å². The molecule has 0 amide bonds. The normalized spacial score (nSPS) is 23.5. The molecule has 1 fully saturated rings. The van der Waals surface area contributed by atoms with Crippen molar-refractivity contribution >= 4 is 15.7 Å². The van der Waals surface area contributed by atoms with Crippen LogP contribution in [0.25, 0.3) is 0 Å². The predicted octanol–water partition coefficient (Wildman–Crippen LogP) is 1.74. The van der Waals surface area contributed by atoms with Crippen LogP contribution in [0.3, 0.4) is 0 Å². The molecule has 0 aliphatic heterocycles. The van der Waals surface area contributed by atoms with Gasteiger partial charge in [0.1, 0.15) is 10.6 Å². The van der Waals surface area contributed by atoms with Gasteiger partial charge in [-0.3, -0.25) is 0 Å². The van der Waals surface area contributed by atoms with Crippen LogP contribution in [0.4, 0.5) is 5.69 Å². The van der Waals surface area contributed by atoms with Crippen LogP contribution >= 0.6 is 0 Å². The minimum absolute atomic E-state index is 0.0160. The summed E-state index contributed by atoms with van der Waals surface area (Å²) in [5.74, 6) is 0.847. The number of methoxy groups -OCH3 is 1. The van der Waals surface area contributed by atoms with Crippen LogP contribution in [-0.2, 0) is 10.0 Å². The van der Waals surface area contributed by atoms with Crippen LogP contribution in [0.1, 0.15) is 26.2 Å². The first-order valence-electron chi connectivity index (χ1n) is 6.38. The van der Waals surface area contributed by atoms with Crippen LogP contribution in [0.2, 0.25) is 0 Å². The van der Waals surface area contributed by atoms with E-state index in [2.05, 4.69) is 11.6 Å². The highest BCUT2D eigenvalue weighted by atomic mass is 32.2. The number of nitrogen functional groups attached to an aromatic ring is 1. The summed E-state index contributed by atoms with van der Waals surface area (Å²) in [6.07, 6.45) is 2.83. The fourth-order valence-electron chi connectivity index (χ4n) is 2.50. The summed E-state index contributed by atoms with van der Waals surface area (Å²) in [6, 6.07) is 4.58. The second-order valence-corrected chi connectivity index (χ2v) is 6.83. The molecule has 19 heavy (non-hydrogen) atoms. The third kappa shape index (κ3) is 3.19. The highest BCUT2D eigenvalue weighted by Gasteiger charge is 2.28. The minimum Gasteiger partial charge on any atom is -0.495 e. The summed E-state index contributed by atoms with van der Waals surface area (Å²) >= 11 is 0. The summed E-state index contributed by atoms with van der Waals surface area (Å²) < 4.78 is 32.6. The van der Waals surface area contributed by atoms with Crippen molar-refractivity contribution in [1.29, 1.82) is 0 Å². The van der Waals surface area contributed by atoms with E-state index >= 15 is 0 Å². The lowest BCUT2D eigenvalue weighted by atomic mass is 10.1. The van der Waals surface area contributed by atoms with Gasteiger partial charge >= 0.3 is 0 Å². The Morgan fingerprint density at radius 1 is 1.37 bits per heavy atom. The molecule has 3 N–H and O–H groups in total. The predicted molar refractivity (Wildman–Crippen MR) is 74.5 cm³/mol. The third-order valence-electron chi connectivity index (χ3n) is 3.49. The highest BCUT2D eigenvalue weighted by Crippen LogP contribution is 2.29. The van der Waals surface area contributed by atoms with Gasteiger partial charge in [0, 0.05) is 17.8 Å². The number of nitrogens with one attached hydrogen (secondary N) is 1. The second-order valence-electron chi connectivity index (χ2n) is 5.15. The zero-order valence-corrected chi connectivity index (χ0v) is 12.0. The molecule has 1 aromatic rings. The number of nitrogens with two attached hydrogens (primary N) is 1. The molecule has 0 radical (unpaired) electrons. The van der Waals surface area contributed by atoms with Crippen LogP contribution in [0.15, 0.2) is 23.1 Å². The van der Waals surface area contributed by atoms with Gasteiger partial charge in [-0.05, 0) is 37.3 Å². The van der Waals surface area contributed by atoms with Crippen molar-refractivity contribution in [2.75, 3.05) is 12.8 Å². The molecule has 0 bridgehead atoms. The maximum absolute atomic E-state index is 12.4. The van der Waals surface area contributed by atoms with E-state index in [1.807, 2.05) is 0 Å². The van der Waals surface area contributed by atoms with E-state index in [9.17, 15) is 8.42 Å². The van der Waals surface area contributed by atoms with E-state index in [-0.39, 0.29) is 16.7 Å². The number of anilines is 1. The molecule has 2 atom stereocenters. The smallest absolute Gasteiger partial charge is 0.244 e. The molecular weight excluding hydrogens is 264 g/mol. The first-order chi connectivity index (χ1) is 8.92. The summed E-state index contributed by atoms with van der Waals surface area (Å²) in [6.45, 7) is 2.14. The lowest BCUT2D eigenvalue weighted by Crippen LogP contribution is -2.33. The average Bonchev–Trinajstić information content (AvgIpc) is 2.73. The number of hydrogen-bond donors (Lipinski definition) is 2. The number of benzene rings is 1. The number of ether oxygens (including phenoxy) is 1. The topological polar surface area (TPSA) is 81.4 Å². The van der Waals surface area contributed by atoms with Crippen LogP contribution in [0, 0.1) is 5.92 Å². The van der Waals surface area contributed by atoms with Crippen LogP contribution in [-0.4, -0.2) is 21.6 Å². The van der Waals surface area contributed by atoms with Gasteiger partial charge in [0.2, 0.25) is 10.0 Å². The SMILES string of the molecule is COc1cc(N)ccc1S(=O)(=O)NC1CCC(C)C1. The molecule has 0 saturated heterocycles. The summed E-state index contributed by atoms with van der Waals surface area (Å²) in [5, 5.41) is 0. The van der Waals surface area contributed by atoms with Crippen LogP contribution < -0.4 is 15.2 Å². The van der Waals surface area contributed by atoms with Gasteiger partial charge < -0.3 is 10.5 Å². The van der Waals surface area contributed by atoms with E-state index in [1.54, 1.807) is 6.07 Å². The Hall–Kier alpha value is -1.27. The van der Waals surface area contributed by atoms with Crippen molar-refractivity contribution in [2.24, 2.45) is 5.92 Å². The maximum Gasteiger partial charge on any atom is 0.244 e. The Bertz CT molecular complexity index is 557. The molecule has 0 spiro atoms. The molecule has 1 aliphatic rings. The monoisotopic (exact) mass is 284 g/mol. The van der Waals surface area contributed by atoms with Gasteiger partial charge in [-0.15, -0.1) is 0 Å². The van der Waals surface area contributed by atoms with E-state index in [0.717, 1.165) is 19.3 Å². The van der Waals surface area contributed by atoms with Gasteiger partial charge in [-0.1, -0.05) is 6.92 Å². The first kappa shape index (κ1) is 14.1. The van der Waals surface area contributed by atoms with Crippen molar-refractivity contribution in [1.82, 2.24) is 4.72 Å². The molecule has 1 aromatic carbocycles.